The number of nitrogens with one attached hydrogen (secondary N) is 1. The highest BCUT2D eigenvalue weighted by molar-refractivity contribution is 6.14. The summed E-state index contributed by atoms with van der Waals surface area (Å²) in [5.41, 5.74) is 1.49. The number of ketones is 1. The summed E-state index contributed by atoms with van der Waals surface area (Å²) in [5, 5.41) is 5.05. The molecule has 4 rings (SSSR count). The van der Waals surface area contributed by atoms with Gasteiger partial charge in [0.05, 0.1) is 5.69 Å². The molecule has 0 aliphatic rings. The van der Waals surface area contributed by atoms with Gasteiger partial charge in [0.15, 0.2) is 11.9 Å². The molecule has 0 fully saturated rings. The zero-order valence-electron chi connectivity index (χ0n) is 17.2. The Hall–Kier alpha value is -3.92. The van der Waals surface area contributed by atoms with Gasteiger partial charge < -0.3 is 10.1 Å². The summed E-state index contributed by atoms with van der Waals surface area (Å²) < 4.78 is 5.99. The molecule has 4 aromatic rings. The summed E-state index contributed by atoms with van der Waals surface area (Å²) in [6, 6.07) is 29.8. The Morgan fingerprint density at radius 1 is 0.806 bits per heavy atom. The van der Waals surface area contributed by atoms with E-state index in [-0.39, 0.29) is 11.7 Å². The Morgan fingerprint density at radius 3 is 2.26 bits per heavy atom. The van der Waals surface area contributed by atoms with Gasteiger partial charge in [-0.05, 0) is 41.5 Å². The fourth-order valence-electron chi connectivity index (χ4n) is 3.48. The van der Waals surface area contributed by atoms with E-state index in [1.54, 1.807) is 36.4 Å². The maximum Gasteiger partial charge on any atom is 0.265 e. The van der Waals surface area contributed by atoms with Gasteiger partial charge in [-0.2, -0.15) is 0 Å². The first-order valence-electron chi connectivity index (χ1n) is 10.3. The van der Waals surface area contributed by atoms with Crippen LogP contribution in [0.1, 0.15) is 29.3 Å². The van der Waals surface area contributed by atoms with Crippen LogP contribution in [-0.4, -0.2) is 17.8 Å². The maximum atomic E-state index is 13.0. The van der Waals surface area contributed by atoms with Crippen molar-refractivity contribution in [2.45, 2.75) is 19.4 Å². The minimum absolute atomic E-state index is 0.139. The lowest BCUT2D eigenvalue weighted by atomic mass is 10.0. The van der Waals surface area contributed by atoms with Crippen molar-refractivity contribution in [1.29, 1.82) is 0 Å². The van der Waals surface area contributed by atoms with Crippen molar-refractivity contribution in [2.75, 3.05) is 5.32 Å². The average Bonchev–Trinajstić information content (AvgIpc) is 2.82. The Balaban J connectivity index is 1.53. The van der Waals surface area contributed by atoms with Crippen LogP contribution < -0.4 is 10.1 Å². The van der Waals surface area contributed by atoms with E-state index < -0.39 is 6.10 Å². The van der Waals surface area contributed by atoms with Crippen LogP contribution in [0.2, 0.25) is 0 Å². The highest BCUT2D eigenvalue weighted by Crippen LogP contribution is 2.23. The molecule has 0 aliphatic carbocycles. The second kappa shape index (κ2) is 9.26. The first-order chi connectivity index (χ1) is 15.2. The van der Waals surface area contributed by atoms with Crippen molar-refractivity contribution < 1.29 is 14.3 Å². The molecule has 0 bridgehead atoms. The van der Waals surface area contributed by atoms with Crippen molar-refractivity contribution in [3.63, 3.8) is 0 Å². The molecule has 1 amide bonds. The van der Waals surface area contributed by atoms with E-state index in [4.69, 9.17) is 4.74 Å². The van der Waals surface area contributed by atoms with Gasteiger partial charge >= 0.3 is 0 Å². The lowest BCUT2D eigenvalue weighted by Gasteiger charge is -2.19. The molecule has 0 spiro atoms. The van der Waals surface area contributed by atoms with Crippen LogP contribution >= 0.6 is 0 Å². The number of hydrogen-bond acceptors (Lipinski definition) is 3. The molecule has 0 heterocycles. The van der Waals surface area contributed by atoms with E-state index in [1.807, 2.05) is 67.6 Å². The molecule has 1 unspecified atom stereocenters. The standard InChI is InChI=1S/C27H23NO3/c1-2-25(31-22-17-16-19-10-6-7-13-21(19)18-22)27(30)28-24-15-9-8-14-23(24)26(29)20-11-4-3-5-12-20/h3-18,25H,2H2,1H3,(H,28,30). The molecular formula is C27H23NO3. The highest BCUT2D eigenvalue weighted by Gasteiger charge is 2.21. The zero-order chi connectivity index (χ0) is 21.6. The van der Waals surface area contributed by atoms with E-state index in [2.05, 4.69) is 5.32 Å². The third kappa shape index (κ3) is 4.64. The van der Waals surface area contributed by atoms with Crippen molar-refractivity contribution >= 4 is 28.2 Å². The van der Waals surface area contributed by atoms with Gasteiger partial charge in [-0.1, -0.05) is 79.7 Å². The fraction of sp³-hybridized carbons (Fsp3) is 0.111. The summed E-state index contributed by atoms with van der Waals surface area (Å²) >= 11 is 0. The lowest BCUT2D eigenvalue weighted by molar-refractivity contribution is -0.122. The van der Waals surface area contributed by atoms with Crippen LogP contribution in [0.25, 0.3) is 10.8 Å². The zero-order valence-corrected chi connectivity index (χ0v) is 17.2. The van der Waals surface area contributed by atoms with Crippen LogP contribution in [-0.2, 0) is 4.79 Å². The third-order valence-corrected chi connectivity index (χ3v) is 5.13. The molecule has 4 aromatic carbocycles. The second-order valence-electron chi connectivity index (χ2n) is 7.25. The molecule has 0 aromatic heterocycles. The van der Waals surface area contributed by atoms with Gasteiger partial charge in [0.1, 0.15) is 5.75 Å². The minimum Gasteiger partial charge on any atom is -0.481 e. The normalized spacial score (nSPS) is 11.6. The molecule has 1 N–H and O–H groups in total. The van der Waals surface area contributed by atoms with Crippen molar-refractivity contribution in [3.8, 4) is 5.75 Å². The number of fused-ring (bicyclic) bond motifs is 1. The van der Waals surface area contributed by atoms with Crippen molar-refractivity contribution in [3.05, 3.63) is 108 Å². The number of hydrogen-bond donors (Lipinski definition) is 1. The van der Waals surface area contributed by atoms with Gasteiger partial charge in [-0.25, -0.2) is 0 Å². The monoisotopic (exact) mass is 409 g/mol. The summed E-state index contributed by atoms with van der Waals surface area (Å²) in [4.78, 5) is 25.9. The Bertz CT molecular complexity index is 1220. The number of ether oxygens (including phenoxy) is 1. The van der Waals surface area contributed by atoms with Crippen LogP contribution in [0.3, 0.4) is 0 Å². The van der Waals surface area contributed by atoms with E-state index >= 15 is 0 Å². The Morgan fingerprint density at radius 2 is 1.48 bits per heavy atom. The molecule has 4 heteroatoms. The molecule has 1 atom stereocenters. The Kier molecular flexibility index (Phi) is 6.08. The minimum atomic E-state index is -0.680. The van der Waals surface area contributed by atoms with Gasteiger partial charge in [-0.15, -0.1) is 0 Å². The summed E-state index contributed by atoms with van der Waals surface area (Å²) in [5.74, 6) is 0.207. The molecule has 154 valence electrons. The summed E-state index contributed by atoms with van der Waals surface area (Å²) in [7, 11) is 0. The SMILES string of the molecule is CCC(Oc1ccc2ccccc2c1)C(=O)Nc1ccccc1C(=O)c1ccccc1. The van der Waals surface area contributed by atoms with E-state index in [0.29, 0.717) is 29.0 Å². The lowest BCUT2D eigenvalue weighted by Crippen LogP contribution is -2.32. The number of amides is 1. The molecule has 0 radical (unpaired) electrons. The number of carbonyl (C=O) groups is 2. The largest absolute Gasteiger partial charge is 0.481 e. The number of benzene rings is 4. The van der Waals surface area contributed by atoms with Gasteiger partial charge in [0.2, 0.25) is 0 Å². The van der Waals surface area contributed by atoms with Gasteiger partial charge in [0.25, 0.3) is 5.91 Å². The first-order valence-corrected chi connectivity index (χ1v) is 10.3. The average molecular weight is 409 g/mol. The fourth-order valence-corrected chi connectivity index (χ4v) is 3.48. The maximum absolute atomic E-state index is 13.0. The predicted molar refractivity (Wildman–Crippen MR) is 124 cm³/mol. The quantitative estimate of drug-likeness (QED) is 0.389. The Labute approximate surface area is 181 Å². The number of rotatable bonds is 7. The number of carbonyl (C=O) groups excluding carboxylic acids is 2. The van der Waals surface area contributed by atoms with Crippen molar-refractivity contribution in [2.24, 2.45) is 0 Å². The summed E-state index contributed by atoms with van der Waals surface area (Å²) in [6.07, 6.45) is -0.186. The first kappa shape index (κ1) is 20.4. The molecule has 4 nitrogen and oxygen atoms in total. The van der Waals surface area contributed by atoms with Gasteiger partial charge in [0, 0.05) is 11.1 Å². The predicted octanol–water partition coefficient (Wildman–Crippen LogP) is 5.87. The van der Waals surface area contributed by atoms with E-state index in [9.17, 15) is 9.59 Å². The molecule has 31 heavy (non-hydrogen) atoms. The number of para-hydroxylation sites is 1. The third-order valence-electron chi connectivity index (χ3n) is 5.13. The van der Waals surface area contributed by atoms with Crippen LogP contribution in [0.5, 0.6) is 5.75 Å². The number of anilines is 1. The topological polar surface area (TPSA) is 55.4 Å². The molecule has 0 saturated carbocycles. The molecular weight excluding hydrogens is 386 g/mol. The van der Waals surface area contributed by atoms with Crippen LogP contribution in [0.15, 0.2) is 97.1 Å². The highest BCUT2D eigenvalue weighted by atomic mass is 16.5. The van der Waals surface area contributed by atoms with Gasteiger partial charge in [-0.3, -0.25) is 9.59 Å². The molecule has 0 aliphatic heterocycles. The summed E-state index contributed by atoms with van der Waals surface area (Å²) in [6.45, 7) is 1.90. The second-order valence-corrected chi connectivity index (χ2v) is 7.25. The molecule has 0 saturated heterocycles. The smallest absolute Gasteiger partial charge is 0.265 e. The van der Waals surface area contributed by atoms with Crippen molar-refractivity contribution in [1.82, 2.24) is 0 Å². The van der Waals surface area contributed by atoms with E-state index in [1.165, 1.54) is 0 Å². The van der Waals surface area contributed by atoms with E-state index in [0.717, 1.165) is 10.8 Å². The van der Waals surface area contributed by atoms with Crippen LogP contribution in [0.4, 0.5) is 5.69 Å². The van der Waals surface area contributed by atoms with Crippen LogP contribution in [0, 0.1) is 0 Å².